The van der Waals surface area contributed by atoms with Crippen LogP contribution in [0.1, 0.15) is 49.3 Å². The average molecular weight is 438 g/mol. The van der Waals surface area contributed by atoms with Crippen LogP contribution in [0, 0.1) is 12.8 Å². The highest BCUT2D eigenvalue weighted by Gasteiger charge is 2.52. The number of sulfonamides is 1. The third-order valence-electron chi connectivity index (χ3n) is 6.31. The fourth-order valence-corrected chi connectivity index (χ4v) is 7.15. The van der Waals surface area contributed by atoms with Gasteiger partial charge in [0.25, 0.3) is 0 Å². The maximum Gasteiger partial charge on any atom is 0.243 e. The van der Waals surface area contributed by atoms with Crippen LogP contribution in [-0.4, -0.2) is 24.1 Å². The molecule has 1 saturated carbocycles. The van der Waals surface area contributed by atoms with Crippen molar-refractivity contribution in [3.05, 3.63) is 64.7 Å². The molecular formula is C22H25Cl2NO2S. The van der Waals surface area contributed by atoms with Crippen LogP contribution in [0.3, 0.4) is 0 Å². The molecule has 0 N–H and O–H groups in total. The summed E-state index contributed by atoms with van der Waals surface area (Å²) in [6.07, 6.45) is 4.68. The van der Waals surface area contributed by atoms with Gasteiger partial charge in [-0.05, 0) is 55.9 Å². The lowest BCUT2D eigenvalue weighted by atomic mass is 9.69. The lowest BCUT2D eigenvalue weighted by molar-refractivity contribution is 0.0934. The standard InChI is InChI=1S/C22H25Cl2NO2S/c1-16-9-11-17(12-10-16)28(26,27)25-15-14-22(24)13-5-4-7-19(22)21(25)18-6-2-3-8-20(18)23/h2-3,6,8-12,19,21H,4-5,7,13-15H2,1H3. The Morgan fingerprint density at radius 1 is 1.04 bits per heavy atom. The Bertz CT molecular complexity index is 961. The molecule has 6 heteroatoms. The van der Waals surface area contributed by atoms with Gasteiger partial charge in [-0.15, -0.1) is 11.6 Å². The van der Waals surface area contributed by atoms with Crippen molar-refractivity contribution in [3.8, 4) is 0 Å². The first kappa shape index (κ1) is 20.2. The topological polar surface area (TPSA) is 37.4 Å². The van der Waals surface area contributed by atoms with E-state index in [0.29, 0.717) is 22.9 Å². The number of benzene rings is 2. The predicted octanol–water partition coefficient (Wildman–Crippen LogP) is 5.95. The summed E-state index contributed by atoms with van der Waals surface area (Å²) in [5, 5.41) is 0.600. The van der Waals surface area contributed by atoms with E-state index in [-0.39, 0.29) is 16.8 Å². The van der Waals surface area contributed by atoms with E-state index in [1.54, 1.807) is 16.4 Å². The molecule has 2 aromatic rings. The molecule has 4 rings (SSSR count). The molecular weight excluding hydrogens is 413 g/mol. The van der Waals surface area contributed by atoms with E-state index in [2.05, 4.69) is 0 Å². The Balaban J connectivity index is 1.83. The van der Waals surface area contributed by atoms with Gasteiger partial charge in [-0.3, -0.25) is 0 Å². The number of aryl methyl sites for hydroxylation is 1. The van der Waals surface area contributed by atoms with E-state index in [1.807, 2.05) is 43.3 Å². The minimum atomic E-state index is -3.65. The zero-order valence-corrected chi connectivity index (χ0v) is 18.3. The molecule has 0 spiro atoms. The summed E-state index contributed by atoms with van der Waals surface area (Å²) in [5.41, 5.74) is 1.89. The monoisotopic (exact) mass is 437 g/mol. The highest BCUT2D eigenvalue weighted by Crippen LogP contribution is 2.54. The molecule has 1 heterocycles. The Morgan fingerprint density at radius 2 is 1.75 bits per heavy atom. The van der Waals surface area contributed by atoms with E-state index < -0.39 is 10.0 Å². The van der Waals surface area contributed by atoms with Crippen LogP contribution in [0.15, 0.2) is 53.4 Å². The summed E-state index contributed by atoms with van der Waals surface area (Å²) >= 11 is 13.6. The molecule has 2 aromatic carbocycles. The minimum Gasteiger partial charge on any atom is -0.207 e. The number of halogens is 2. The molecule has 3 atom stereocenters. The van der Waals surface area contributed by atoms with Crippen molar-refractivity contribution >= 4 is 33.2 Å². The second kappa shape index (κ2) is 7.64. The molecule has 0 radical (unpaired) electrons. The van der Waals surface area contributed by atoms with Crippen molar-refractivity contribution in [2.24, 2.45) is 5.92 Å². The van der Waals surface area contributed by atoms with E-state index in [4.69, 9.17) is 23.2 Å². The van der Waals surface area contributed by atoms with Crippen molar-refractivity contribution in [3.63, 3.8) is 0 Å². The van der Waals surface area contributed by atoms with Crippen LogP contribution >= 0.6 is 23.2 Å². The summed E-state index contributed by atoms with van der Waals surface area (Å²) < 4.78 is 28.9. The normalized spacial score (nSPS) is 28.7. The van der Waals surface area contributed by atoms with Gasteiger partial charge in [0.05, 0.1) is 15.8 Å². The second-order valence-corrected chi connectivity index (χ2v) is 11.1. The Hall–Kier alpha value is -1.07. The van der Waals surface area contributed by atoms with E-state index >= 15 is 0 Å². The van der Waals surface area contributed by atoms with Crippen LogP contribution < -0.4 is 0 Å². The summed E-state index contributed by atoms with van der Waals surface area (Å²) in [5.74, 6) is 0.0526. The Labute approximate surface area is 177 Å². The average Bonchev–Trinajstić information content (AvgIpc) is 2.67. The van der Waals surface area contributed by atoms with Gasteiger partial charge in [0.1, 0.15) is 0 Å². The maximum atomic E-state index is 13.6. The molecule has 2 fully saturated rings. The quantitative estimate of drug-likeness (QED) is 0.555. The van der Waals surface area contributed by atoms with Crippen molar-refractivity contribution in [1.29, 1.82) is 0 Å². The largest absolute Gasteiger partial charge is 0.243 e. The number of rotatable bonds is 3. The fraction of sp³-hybridized carbons (Fsp3) is 0.455. The summed E-state index contributed by atoms with van der Waals surface area (Å²) in [6.45, 7) is 2.36. The van der Waals surface area contributed by atoms with Gasteiger partial charge in [-0.1, -0.05) is 60.3 Å². The molecule has 28 heavy (non-hydrogen) atoms. The minimum absolute atomic E-state index is 0.0526. The highest BCUT2D eigenvalue weighted by atomic mass is 35.5. The number of fused-ring (bicyclic) bond motifs is 1. The predicted molar refractivity (Wildman–Crippen MR) is 114 cm³/mol. The number of hydrogen-bond donors (Lipinski definition) is 0. The lowest BCUT2D eigenvalue weighted by Crippen LogP contribution is -2.53. The van der Waals surface area contributed by atoms with E-state index in [1.165, 1.54) is 0 Å². The van der Waals surface area contributed by atoms with Gasteiger partial charge in [0, 0.05) is 11.6 Å². The van der Waals surface area contributed by atoms with Gasteiger partial charge in [-0.25, -0.2) is 8.42 Å². The molecule has 1 aliphatic heterocycles. The van der Waals surface area contributed by atoms with Crippen LogP contribution in [0.25, 0.3) is 0 Å². The van der Waals surface area contributed by atoms with Crippen LogP contribution in [0.5, 0.6) is 0 Å². The number of piperidine rings is 1. The van der Waals surface area contributed by atoms with Gasteiger partial charge < -0.3 is 0 Å². The molecule has 1 aliphatic carbocycles. The van der Waals surface area contributed by atoms with Crippen molar-refractivity contribution in [1.82, 2.24) is 4.31 Å². The maximum absolute atomic E-state index is 13.6. The number of hydrogen-bond acceptors (Lipinski definition) is 2. The third-order valence-corrected chi connectivity index (χ3v) is 9.21. The summed E-state index contributed by atoms with van der Waals surface area (Å²) in [7, 11) is -3.65. The molecule has 3 nitrogen and oxygen atoms in total. The van der Waals surface area contributed by atoms with Crippen molar-refractivity contribution in [2.75, 3.05) is 6.54 Å². The summed E-state index contributed by atoms with van der Waals surface area (Å²) in [4.78, 5) is -0.0329. The SMILES string of the molecule is Cc1ccc(S(=O)(=O)N2CCC3(Cl)CCCCC3C2c2ccccc2Cl)cc1. The van der Waals surface area contributed by atoms with Gasteiger partial charge in [0.2, 0.25) is 10.0 Å². The smallest absolute Gasteiger partial charge is 0.207 e. The van der Waals surface area contributed by atoms with Crippen molar-refractivity contribution in [2.45, 2.75) is 54.8 Å². The summed E-state index contributed by atoms with van der Waals surface area (Å²) in [6, 6.07) is 14.3. The van der Waals surface area contributed by atoms with Crippen LogP contribution in [-0.2, 0) is 10.0 Å². The third kappa shape index (κ3) is 3.49. The van der Waals surface area contributed by atoms with Crippen LogP contribution in [0.2, 0.25) is 5.02 Å². The van der Waals surface area contributed by atoms with Gasteiger partial charge in [0.15, 0.2) is 0 Å². The molecule has 0 bridgehead atoms. The first-order valence-electron chi connectivity index (χ1n) is 9.85. The number of alkyl halides is 1. The first-order chi connectivity index (χ1) is 13.3. The van der Waals surface area contributed by atoms with Crippen molar-refractivity contribution < 1.29 is 8.42 Å². The Kier molecular flexibility index (Phi) is 5.51. The number of nitrogens with zero attached hydrogens (tertiary/aromatic N) is 1. The van der Waals surface area contributed by atoms with Gasteiger partial charge in [-0.2, -0.15) is 4.31 Å². The van der Waals surface area contributed by atoms with Gasteiger partial charge >= 0.3 is 0 Å². The zero-order chi connectivity index (χ0) is 19.9. The highest BCUT2D eigenvalue weighted by molar-refractivity contribution is 7.89. The van der Waals surface area contributed by atoms with E-state index in [9.17, 15) is 8.42 Å². The molecule has 1 saturated heterocycles. The molecule has 0 aromatic heterocycles. The Morgan fingerprint density at radius 3 is 2.46 bits per heavy atom. The molecule has 150 valence electrons. The molecule has 3 unspecified atom stereocenters. The zero-order valence-electron chi connectivity index (χ0n) is 15.9. The van der Waals surface area contributed by atoms with E-state index in [0.717, 1.165) is 36.8 Å². The molecule has 0 amide bonds. The molecule has 2 aliphatic rings. The first-order valence-corrected chi connectivity index (χ1v) is 12.0. The van der Waals surface area contributed by atoms with Crippen LogP contribution in [0.4, 0.5) is 0 Å². The second-order valence-electron chi connectivity index (χ2n) is 8.03. The fourth-order valence-electron chi connectivity index (χ4n) is 4.82. The lowest BCUT2D eigenvalue weighted by Gasteiger charge is -2.51.